The van der Waals surface area contributed by atoms with Gasteiger partial charge in [0.05, 0.1) is 36.7 Å². The highest BCUT2D eigenvalue weighted by atomic mass is 32.2. The number of pyridine rings is 1. The van der Waals surface area contributed by atoms with Crippen molar-refractivity contribution in [1.82, 2.24) is 20.1 Å². The molecule has 8 nitrogen and oxygen atoms in total. The van der Waals surface area contributed by atoms with Crippen molar-refractivity contribution in [3.63, 3.8) is 0 Å². The van der Waals surface area contributed by atoms with Crippen LogP contribution in [0.3, 0.4) is 0 Å². The Morgan fingerprint density at radius 3 is 2.96 bits per heavy atom. The summed E-state index contributed by atoms with van der Waals surface area (Å²) in [6.45, 7) is 0.960. The predicted octanol–water partition coefficient (Wildman–Crippen LogP) is 0.422. The minimum Gasteiger partial charge on any atom is -0.377 e. The minimum atomic E-state index is -3.45. The number of H-pyrrole nitrogens is 1. The van der Waals surface area contributed by atoms with Gasteiger partial charge in [-0.2, -0.15) is 5.10 Å². The van der Waals surface area contributed by atoms with Gasteiger partial charge in [0.15, 0.2) is 9.84 Å². The molecule has 1 fully saturated rings. The molecule has 0 saturated carbocycles. The molecule has 1 aliphatic heterocycles. The van der Waals surface area contributed by atoms with Crippen LogP contribution in [0.4, 0.5) is 0 Å². The van der Waals surface area contributed by atoms with Gasteiger partial charge in [-0.3, -0.25) is 14.9 Å². The standard InChI is InChI=1S/C14H16N4O4S/c1-23(20,21)12-8-16-17-13(12)11-9-22-6-5-18(11)14(19)10-3-2-4-15-7-10/h2-4,7-8,11H,5-6,9H2,1H3,(H,16,17)/t11-/m1/s1. The number of nitrogens with zero attached hydrogens (tertiary/aromatic N) is 3. The zero-order valence-electron chi connectivity index (χ0n) is 12.5. The van der Waals surface area contributed by atoms with Crippen molar-refractivity contribution in [2.45, 2.75) is 10.9 Å². The SMILES string of the molecule is CS(=O)(=O)c1cn[nH]c1[C@H]1COCCN1C(=O)c1cccnc1. The molecule has 2 aromatic heterocycles. The first-order valence-electron chi connectivity index (χ1n) is 7.00. The van der Waals surface area contributed by atoms with Gasteiger partial charge in [-0.25, -0.2) is 8.42 Å². The number of hydrogen-bond donors (Lipinski definition) is 1. The first-order valence-corrected chi connectivity index (χ1v) is 8.89. The van der Waals surface area contributed by atoms with Crippen LogP contribution >= 0.6 is 0 Å². The normalized spacial score (nSPS) is 18.8. The molecule has 1 N–H and O–H groups in total. The van der Waals surface area contributed by atoms with Crippen molar-refractivity contribution in [3.05, 3.63) is 42.0 Å². The molecular formula is C14H16N4O4S. The van der Waals surface area contributed by atoms with E-state index in [-0.39, 0.29) is 17.4 Å². The number of hydrogen-bond acceptors (Lipinski definition) is 6. The van der Waals surface area contributed by atoms with E-state index in [1.165, 1.54) is 12.4 Å². The van der Waals surface area contributed by atoms with Crippen molar-refractivity contribution in [3.8, 4) is 0 Å². The van der Waals surface area contributed by atoms with E-state index < -0.39 is 15.9 Å². The van der Waals surface area contributed by atoms with Crippen molar-refractivity contribution >= 4 is 15.7 Å². The maximum Gasteiger partial charge on any atom is 0.256 e. The first kappa shape index (κ1) is 15.6. The zero-order valence-corrected chi connectivity index (χ0v) is 13.3. The van der Waals surface area contributed by atoms with Crippen LogP contribution in [-0.4, -0.2) is 60.4 Å². The molecule has 0 aliphatic carbocycles. The molecule has 1 atom stereocenters. The van der Waals surface area contributed by atoms with Gasteiger partial charge in [0.25, 0.3) is 5.91 Å². The van der Waals surface area contributed by atoms with Gasteiger partial charge in [0.1, 0.15) is 4.90 Å². The van der Waals surface area contributed by atoms with E-state index in [1.807, 2.05) is 0 Å². The summed E-state index contributed by atoms with van der Waals surface area (Å²) in [4.78, 5) is 18.3. The van der Waals surface area contributed by atoms with Crippen molar-refractivity contribution in [2.24, 2.45) is 0 Å². The number of rotatable bonds is 3. The third-order valence-electron chi connectivity index (χ3n) is 3.66. The average molecular weight is 336 g/mol. The Balaban J connectivity index is 1.97. The second kappa shape index (κ2) is 6.09. The highest BCUT2D eigenvalue weighted by Crippen LogP contribution is 2.28. The van der Waals surface area contributed by atoms with Crippen LogP contribution in [0.15, 0.2) is 35.6 Å². The van der Waals surface area contributed by atoms with E-state index in [0.717, 1.165) is 6.26 Å². The maximum absolute atomic E-state index is 12.7. The number of morpholine rings is 1. The smallest absolute Gasteiger partial charge is 0.256 e. The van der Waals surface area contributed by atoms with E-state index >= 15 is 0 Å². The van der Waals surface area contributed by atoms with Gasteiger partial charge in [-0.1, -0.05) is 0 Å². The average Bonchev–Trinajstić information content (AvgIpc) is 3.05. The summed E-state index contributed by atoms with van der Waals surface area (Å²) >= 11 is 0. The maximum atomic E-state index is 12.7. The fourth-order valence-electron chi connectivity index (χ4n) is 2.56. The summed E-state index contributed by atoms with van der Waals surface area (Å²) in [5.41, 5.74) is 0.810. The molecule has 23 heavy (non-hydrogen) atoms. The van der Waals surface area contributed by atoms with Gasteiger partial charge in [-0.05, 0) is 12.1 Å². The fourth-order valence-corrected chi connectivity index (χ4v) is 3.39. The Morgan fingerprint density at radius 1 is 1.43 bits per heavy atom. The minimum absolute atomic E-state index is 0.0805. The molecule has 9 heteroatoms. The number of carbonyl (C=O) groups excluding carboxylic acids is 1. The Morgan fingerprint density at radius 2 is 2.26 bits per heavy atom. The molecule has 3 heterocycles. The number of carbonyl (C=O) groups is 1. The topological polar surface area (TPSA) is 105 Å². The van der Waals surface area contributed by atoms with E-state index in [1.54, 1.807) is 23.2 Å². The second-order valence-corrected chi connectivity index (χ2v) is 7.24. The number of sulfone groups is 1. The Labute approximate surface area is 133 Å². The summed E-state index contributed by atoms with van der Waals surface area (Å²) in [6, 6.07) is 2.82. The number of aromatic nitrogens is 3. The molecule has 122 valence electrons. The van der Waals surface area contributed by atoms with E-state index in [0.29, 0.717) is 24.4 Å². The first-order chi connectivity index (χ1) is 11.0. The summed E-state index contributed by atoms with van der Waals surface area (Å²) in [5, 5.41) is 6.52. The molecule has 2 aromatic rings. The van der Waals surface area contributed by atoms with Crippen LogP contribution in [0.2, 0.25) is 0 Å². The molecule has 1 aliphatic rings. The Bertz CT molecular complexity index is 803. The monoisotopic (exact) mass is 336 g/mol. The number of amides is 1. The molecule has 1 saturated heterocycles. The molecule has 1 amide bonds. The second-order valence-electron chi connectivity index (χ2n) is 5.25. The van der Waals surface area contributed by atoms with Crippen LogP contribution in [0.25, 0.3) is 0 Å². The van der Waals surface area contributed by atoms with Gasteiger partial charge in [0, 0.05) is 25.2 Å². The van der Waals surface area contributed by atoms with Crippen LogP contribution < -0.4 is 0 Å². The number of ether oxygens (including phenoxy) is 1. The van der Waals surface area contributed by atoms with Crippen LogP contribution in [0, 0.1) is 0 Å². The highest BCUT2D eigenvalue weighted by Gasteiger charge is 2.33. The molecule has 0 aromatic carbocycles. The lowest BCUT2D eigenvalue weighted by atomic mass is 10.1. The molecule has 0 spiro atoms. The van der Waals surface area contributed by atoms with Crippen molar-refractivity contribution in [2.75, 3.05) is 26.0 Å². The lowest BCUT2D eigenvalue weighted by Gasteiger charge is -2.35. The predicted molar refractivity (Wildman–Crippen MR) is 80.5 cm³/mol. The fraction of sp³-hybridized carbons (Fsp3) is 0.357. The van der Waals surface area contributed by atoms with Gasteiger partial charge >= 0.3 is 0 Å². The summed E-state index contributed by atoms with van der Waals surface area (Å²) < 4.78 is 29.2. The van der Waals surface area contributed by atoms with Gasteiger partial charge in [0.2, 0.25) is 0 Å². The van der Waals surface area contributed by atoms with Crippen molar-refractivity contribution < 1.29 is 17.9 Å². The summed E-state index contributed by atoms with van der Waals surface area (Å²) in [6.07, 6.45) is 5.44. The quantitative estimate of drug-likeness (QED) is 0.871. The molecular weight excluding hydrogens is 320 g/mol. The van der Waals surface area contributed by atoms with Crippen LogP contribution in [0.5, 0.6) is 0 Å². The Kier molecular flexibility index (Phi) is 4.14. The summed E-state index contributed by atoms with van der Waals surface area (Å²) in [7, 11) is -3.45. The largest absolute Gasteiger partial charge is 0.377 e. The number of aromatic amines is 1. The van der Waals surface area contributed by atoms with Crippen LogP contribution in [-0.2, 0) is 14.6 Å². The number of nitrogens with one attached hydrogen (secondary N) is 1. The lowest BCUT2D eigenvalue weighted by molar-refractivity contribution is -0.00470. The third kappa shape index (κ3) is 3.10. The van der Waals surface area contributed by atoms with Gasteiger partial charge < -0.3 is 9.64 Å². The lowest BCUT2D eigenvalue weighted by Crippen LogP contribution is -2.44. The van der Waals surface area contributed by atoms with E-state index in [9.17, 15) is 13.2 Å². The summed E-state index contributed by atoms with van der Waals surface area (Å²) in [5.74, 6) is -0.222. The third-order valence-corrected chi connectivity index (χ3v) is 4.79. The van der Waals surface area contributed by atoms with E-state index in [2.05, 4.69) is 15.2 Å². The van der Waals surface area contributed by atoms with E-state index in [4.69, 9.17) is 4.74 Å². The zero-order chi connectivity index (χ0) is 16.4. The molecule has 0 bridgehead atoms. The Hall–Kier alpha value is -2.26. The van der Waals surface area contributed by atoms with Gasteiger partial charge in [-0.15, -0.1) is 0 Å². The van der Waals surface area contributed by atoms with Crippen LogP contribution in [0.1, 0.15) is 22.1 Å². The highest BCUT2D eigenvalue weighted by molar-refractivity contribution is 7.90. The molecule has 3 rings (SSSR count). The molecule has 0 unspecified atom stereocenters. The van der Waals surface area contributed by atoms with Crippen molar-refractivity contribution in [1.29, 1.82) is 0 Å². The molecule has 0 radical (unpaired) electrons.